The largest absolute Gasteiger partial charge is 0.487 e. The Morgan fingerprint density at radius 2 is 1.84 bits per heavy atom. The number of anilines is 1. The average molecular weight is 447 g/mol. The summed E-state index contributed by atoms with van der Waals surface area (Å²) in [5, 5.41) is 7.79. The van der Waals surface area contributed by atoms with Crippen LogP contribution in [0.15, 0.2) is 72.1 Å². The fourth-order valence-electron chi connectivity index (χ4n) is 3.14. The van der Waals surface area contributed by atoms with Gasteiger partial charge in [-0.1, -0.05) is 36.4 Å². The molecule has 4 rings (SSSR count). The highest BCUT2D eigenvalue weighted by atomic mass is 32.1. The van der Waals surface area contributed by atoms with Gasteiger partial charge >= 0.3 is 5.97 Å². The lowest BCUT2D eigenvalue weighted by Gasteiger charge is -2.14. The molecule has 4 aromatic rings. The minimum Gasteiger partial charge on any atom is -0.487 e. The van der Waals surface area contributed by atoms with Crippen molar-refractivity contribution in [1.82, 2.24) is 4.98 Å². The fraction of sp³-hybridized carbons (Fsp3) is 0.160. The summed E-state index contributed by atoms with van der Waals surface area (Å²) in [4.78, 5) is 29.4. The van der Waals surface area contributed by atoms with E-state index < -0.39 is 18.0 Å². The van der Waals surface area contributed by atoms with Gasteiger partial charge in [-0.15, -0.1) is 11.3 Å². The van der Waals surface area contributed by atoms with Gasteiger partial charge in [0.15, 0.2) is 6.10 Å². The predicted octanol–water partition coefficient (Wildman–Crippen LogP) is 5.37. The quantitative estimate of drug-likeness (QED) is 0.386. The van der Waals surface area contributed by atoms with Crippen LogP contribution >= 0.6 is 11.3 Å². The molecule has 32 heavy (non-hydrogen) atoms. The van der Waals surface area contributed by atoms with E-state index in [1.165, 1.54) is 0 Å². The Morgan fingerprint density at radius 1 is 1.03 bits per heavy atom. The maximum atomic E-state index is 12.5. The van der Waals surface area contributed by atoms with Gasteiger partial charge in [-0.2, -0.15) is 0 Å². The molecule has 1 aromatic heterocycles. The van der Waals surface area contributed by atoms with Crippen molar-refractivity contribution in [2.24, 2.45) is 0 Å². The number of nitrogens with zero attached hydrogens (tertiary/aromatic N) is 1. The average Bonchev–Trinajstić information content (AvgIpc) is 3.22. The molecule has 1 amide bonds. The number of hydrogen-bond acceptors (Lipinski definition) is 6. The van der Waals surface area contributed by atoms with Crippen molar-refractivity contribution >= 4 is 39.7 Å². The summed E-state index contributed by atoms with van der Waals surface area (Å²) in [5.74, 6) is -0.473. The Balaban J connectivity index is 1.35. The Morgan fingerprint density at radius 3 is 2.62 bits per heavy atom. The predicted molar refractivity (Wildman–Crippen MR) is 125 cm³/mol. The van der Waals surface area contributed by atoms with Crippen LogP contribution in [0.2, 0.25) is 0 Å². The molecular weight excluding hydrogens is 424 g/mol. The number of aromatic nitrogens is 1. The number of aryl methyl sites for hydroxylation is 1. The van der Waals surface area contributed by atoms with Crippen LogP contribution < -0.4 is 10.1 Å². The first-order valence-corrected chi connectivity index (χ1v) is 11.0. The van der Waals surface area contributed by atoms with Gasteiger partial charge in [0, 0.05) is 11.1 Å². The molecule has 1 N–H and O–H groups in total. The molecule has 0 aliphatic rings. The second kappa shape index (κ2) is 9.62. The van der Waals surface area contributed by atoms with Gasteiger partial charge < -0.3 is 14.8 Å². The second-order valence-electron chi connectivity index (χ2n) is 7.27. The molecule has 0 bridgehead atoms. The molecule has 0 saturated carbocycles. The van der Waals surface area contributed by atoms with Gasteiger partial charge in [-0.3, -0.25) is 4.79 Å². The lowest BCUT2D eigenvalue weighted by Crippen LogP contribution is -2.30. The summed E-state index contributed by atoms with van der Waals surface area (Å²) in [7, 11) is 0. The highest BCUT2D eigenvalue weighted by Gasteiger charge is 2.19. The lowest BCUT2D eigenvalue weighted by atomic mass is 10.1. The number of thiazole rings is 1. The van der Waals surface area contributed by atoms with Crippen LogP contribution in [0, 0.1) is 6.92 Å². The molecule has 0 aliphatic carbocycles. The van der Waals surface area contributed by atoms with Crippen LogP contribution in [0.1, 0.15) is 28.0 Å². The lowest BCUT2D eigenvalue weighted by molar-refractivity contribution is -0.123. The first kappa shape index (κ1) is 21.5. The van der Waals surface area contributed by atoms with Crippen LogP contribution in [0.4, 0.5) is 5.69 Å². The van der Waals surface area contributed by atoms with E-state index in [9.17, 15) is 9.59 Å². The summed E-state index contributed by atoms with van der Waals surface area (Å²) < 4.78 is 11.1. The van der Waals surface area contributed by atoms with Crippen LogP contribution in [0.25, 0.3) is 10.8 Å². The Bertz CT molecular complexity index is 1270. The number of esters is 1. The van der Waals surface area contributed by atoms with Gasteiger partial charge in [-0.05, 0) is 55.0 Å². The minimum atomic E-state index is -0.962. The Hall–Kier alpha value is -3.71. The summed E-state index contributed by atoms with van der Waals surface area (Å²) in [5.41, 5.74) is 1.78. The summed E-state index contributed by atoms with van der Waals surface area (Å²) in [6, 6.07) is 20.2. The van der Waals surface area contributed by atoms with E-state index in [2.05, 4.69) is 10.3 Å². The molecule has 1 unspecified atom stereocenters. The van der Waals surface area contributed by atoms with Gasteiger partial charge in [0.1, 0.15) is 12.4 Å². The molecular formula is C25H22N2O4S. The topological polar surface area (TPSA) is 77.5 Å². The Labute approximate surface area is 189 Å². The molecule has 1 atom stereocenters. The maximum Gasteiger partial charge on any atom is 0.339 e. The summed E-state index contributed by atoms with van der Waals surface area (Å²) in [6.07, 6.45) is -0.962. The fourth-order valence-corrected chi connectivity index (χ4v) is 3.74. The number of benzene rings is 3. The Kier molecular flexibility index (Phi) is 6.47. The molecule has 7 heteroatoms. The molecule has 0 radical (unpaired) electrons. The third-order valence-electron chi connectivity index (χ3n) is 4.79. The number of rotatable bonds is 7. The van der Waals surface area contributed by atoms with Crippen LogP contribution in [-0.4, -0.2) is 23.0 Å². The van der Waals surface area contributed by atoms with Crippen molar-refractivity contribution in [3.05, 3.63) is 88.4 Å². The smallest absolute Gasteiger partial charge is 0.339 e. The van der Waals surface area contributed by atoms with E-state index in [0.717, 1.165) is 21.5 Å². The van der Waals surface area contributed by atoms with Gasteiger partial charge in [-0.25, -0.2) is 9.78 Å². The summed E-state index contributed by atoms with van der Waals surface area (Å²) in [6.45, 7) is 3.79. The van der Waals surface area contributed by atoms with E-state index in [1.54, 1.807) is 42.5 Å². The van der Waals surface area contributed by atoms with E-state index >= 15 is 0 Å². The van der Waals surface area contributed by atoms with Crippen molar-refractivity contribution in [2.45, 2.75) is 26.6 Å². The zero-order valence-corrected chi connectivity index (χ0v) is 18.5. The van der Waals surface area contributed by atoms with Gasteiger partial charge in [0.2, 0.25) is 0 Å². The molecule has 0 spiro atoms. The standard InChI is InChI=1S/C25H22N2O4S/c1-16(24(28)27-21-11-10-18-6-3-4-7-19(18)12-21)31-25(29)20-8-5-9-23(13-20)30-14-22-15-32-17(2)26-22/h3-13,15-16H,14H2,1-2H3,(H,27,28). The van der Waals surface area contributed by atoms with Crippen molar-refractivity contribution in [3.8, 4) is 5.75 Å². The molecule has 0 saturated heterocycles. The zero-order valence-electron chi connectivity index (χ0n) is 17.7. The van der Waals surface area contributed by atoms with Crippen LogP contribution in [0.5, 0.6) is 5.75 Å². The van der Waals surface area contributed by atoms with Gasteiger partial charge in [0.05, 0.1) is 16.3 Å². The number of amides is 1. The first-order valence-electron chi connectivity index (χ1n) is 10.1. The highest BCUT2D eigenvalue weighted by Crippen LogP contribution is 2.20. The second-order valence-corrected chi connectivity index (χ2v) is 8.34. The number of ether oxygens (including phenoxy) is 2. The third-order valence-corrected chi connectivity index (χ3v) is 5.62. The van der Waals surface area contributed by atoms with E-state index in [4.69, 9.17) is 9.47 Å². The van der Waals surface area contributed by atoms with Crippen LogP contribution in [-0.2, 0) is 16.1 Å². The number of hydrogen-bond donors (Lipinski definition) is 1. The molecule has 162 valence electrons. The molecule has 6 nitrogen and oxygen atoms in total. The van der Waals surface area contributed by atoms with Crippen molar-refractivity contribution in [1.29, 1.82) is 0 Å². The van der Waals surface area contributed by atoms with Crippen LogP contribution in [0.3, 0.4) is 0 Å². The molecule has 1 heterocycles. The van der Waals surface area contributed by atoms with Gasteiger partial charge in [0.25, 0.3) is 5.91 Å². The summed E-state index contributed by atoms with van der Waals surface area (Å²) >= 11 is 1.55. The first-order chi connectivity index (χ1) is 15.5. The molecule has 3 aromatic carbocycles. The SMILES string of the molecule is Cc1nc(COc2cccc(C(=O)OC(C)C(=O)Nc3ccc4ccccc4c3)c2)cs1. The van der Waals surface area contributed by atoms with Crippen molar-refractivity contribution in [2.75, 3.05) is 5.32 Å². The third kappa shape index (κ3) is 5.31. The van der Waals surface area contributed by atoms with Crippen molar-refractivity contribution in [3.63, 3.8) is 0 Å². The van der Waals surface area contributed by atoms with E-state index in [-0.39, 0.29) is 0 Å². The van der Waals surface area contributed by atoms with E-state index in [0.29, 0.717) is 23.6 Å². The monoisotopic (exact) mass is 446 g/mol. The minimum absolute atomic E-state index is 0.308. The highest BCUT2D eigenvalue weighted by molar-refractivity contribution is 7.09. The van der Waals surface area contributed by atoms with E-state index in [1.807, 2.05) is 54.8 Å². The number of carbonyl (C=O) groups is 2. The maximum absolute atomic E-state index is 12.5. The number of nitrogens with one attached hydrogen (secondary N) is 1. The number of carbonyl (C=O) groups excluding carboxylic acids is 2. The van der Waals surface area contributed by atoms with Crippen molar-refractivity contribution < 1.29 is 19.1 Å². The number of fused-ring (bicyclic) bond motifs is 1. The molecule has 0 aliphatic heterocycles. The normalized spacial score (nSPS) is 11.7. The molecule has 0 fully saturated rings. The zero-order chi connectivity index (χ0) is 22.5.